The maximum Gasteiger partial charge on any atom is 0.244 e. The summed E-state index contributed by atoms with van der Waals surface area (Å²) < 4.78 is 1.50. The van der Waals surface area contributed by atoms with Crippen molar-refractivity contribution in [2.24, 2.45) is 5.92 Å². The van der Waals surface area contributed by atoms with Gasteiger partial charge >= 0.3 is 0 Å². The van der Waals surface area contributed by atoms with Gasteiger partial charge in [-0.3, -0.25) is 9.59 Å². The lowest BCUT2D eigenvalue weighted by atomic mass is 9.88. The number of nitrogens with zero attached hydrogens (tertiary/aromatic N) is 4. The van der Waals surface area contributed by atoms with Gasteiger partial charge < -0.3 is 4.90 Å². The number of carbonyl (C=O) groups is 2. The zero-order valence-electron chi connectivity index (χ0n) is 13.5. The molecule has 24 heavy (non-hydrogen) atoms. The molecule has 0 spiro atoms. The standard InChI is InChI=1S/C17H19ClN4O2/c1-12-7-14(18)4-5-15(12)17(24)13-3-2-6-21(8-13)16(23)9-22-11-19-10-20-22/h4-5,7,10-11,13H,2-3,6,8-9H2,1H3/t13-/m1/s1. The van der Waals surface area contributed by atoms with E-state index in [1.165, 1.54) is 17.3 Å². The highest BCUT2D eigenvalue weighted by atomic mass is 35.5. The predicted molar refractivity (Wildman–Crippen MR) is 89.8 cm³/mol. The second-order valence-corrected chi connectivity index (χ2v) is 6.53. The first kappa shape index (κ1) is 16.6. The Labute approximate surface area is 145 Å². The molecule has 0 bridgehead atoms. The Bertz CT molecular complexity index is 745. The number of Topliss-reactive ketones (excluding diaryl/α,β-unsaturated/α-hetero) is 1. The van der Waals surface area contributed by atoms with Crippen LogP contribution in [0.2, 0.25) is 5.02 Å². The molecular weight excluding hydrogens is 328 g/mol. The number of likely N-dealkylation sites (tertiary alicyclic amines) is 1. The first-order valence-electron chi connectivity index (χ1n) is 7.95. The Hall–Kier alpha value is -2.21. The van der Waals surface area contributed by atoms with Gasteiger partial charge in [-0.15, -0.1) is 0 Å². The SMILES string of the molecule is Cc1cc(Cl)ccc1C(=O)[C@@H]1CCCN(C(=O)Cn2cncn2)C1. The largest absolute Gasteiger partial charge is 0.340 e. The monoisotopic (exact) mass is 346 g/mol. The van der Waals surface area contributed by atoms with Crippen molar-refractivity contribution >= 4 is 23.3 Å². The number of hydrogen-bond donors (Lipinski definition) is 0. The van der Waals surface area contributed by atoms with E-state index in [0.717, 1.165) is 18.4 Å². The topological polar surface area (TPSA) is 68.1 Å². The Morgan fingerprint density at radius 2 is 2.21 bits per heavy atom. The van der Waals surface area contributed by atoms with Crippen LogP contribution in [-0.2, 0) is 11.3 Å². The fourth-order valence-electron chi connectivity index (χ4n) is 3.09. The Morgan fingerprint density at radius 1 is 1.38 bits per heavy atom. The molecule has 6 nitrogen and oxygen atoms in total. The minimum absolute atomic E-state index is 0.0363. The second-order valence-electron chi connectivity index (χ2n) is 6.10. The van der Waals surface area contributed by atoms with Gasteiger partial charge in [-0.25, -0.2) is 9.67 Å². The molecule has 3 rings (SSSR count). The molecule has 1 aliphatic rings. The van der Waals surface area contributed by atoms with E-state index in [1.54, 1.807) is 23.1 Å². The summed E-state index contributed by atoms with van der Waals surface area (Å²) >= 11 is 5.96. The molecule has 1 aromatic heterocycles. The average molecular weight is 347 g/mol. The summed E-state index contributed by atoms with van der Waals surface area (Å²) in [6.45, 7) is 3.17. The third-order valence-electron chi connectivity index (χ3n) is 4.36. The van der Waals surface area contributed by atoms with E-state index < -0.39 is 0 Å². The van der Waals surface area contributed by atoms with Crippen molar-refractivity contribution in [2.45, 2.75) is 26.3 Å². The van der Waals surface area contributed by atoms with Crippen LogP contribution in [0.4, 0.5) is 0 Å². The normalized spacial score (nSPS) is 17.8. The number of halogens is 1. The third-order valence-corrected chi connectivity index (χ3v) is 4.60. The zero-order valence-corrected chi connectivity index (χ0v) is 14.2. The van der Waals surface area contributed by atoms with E-state index in [1.807, 2.05) is 6.92 Å². The molecule has 1 amide bonds. The summed E-state index contributed by atoms with van der Waals surface area (Å²) in [5.74, 6) is -0.119. The Morgan fingerprint density at radius 3 is 2.92 bits per heavy atom. The molecule has 0 saturated carbocycles. The van der Waals surface area contributed by atoms with Gasteiger partial charge in [-0.2, -0.15) is 5.10 Å². The molecule has 126 valence electrons. The summed E-state index contributed by atoms with van der Waals surface area (Å²) in [7, 11) is 0. The number of aryl methyl sites for hydroxylation is 1. The van der Waals surface area contributed by atoms with Crippen LogP contribution in [0.3, 0.4) is 0 Å². The van der Waals surface area contributed by atoms with Gasteiger partial charge in [0.25, 0.3) is 0 Å². The number of benzene rings is 1. The lowest BCUT2D eigenvalue weighted by Gasteiger charge is -2.32. The van der Waals surface area contributed by atoms with Crippen molar-refractivity contribution in [1.82, 2.24) is 19.7 Å². The number of aromatic nitrogens is 3. The smallest absolute Gasteiger partial charge is 0.244 e. The zero-order chi connectivity index (χ0) is 17.1. The van der Waals surface area contributed by atoms with Crippen molar-refractivity contribution in [1.29, 1.82) is 0 Å². The summed E-state index contributed by atoms with van der Waals surface area (Å²) in [6.07, 6.45) is 4.54. The number of ketones is 1. The van der Waals surface area contributed by atoms with E-state index in [-0.39, 0.29) is 24.2 Å². The summed E-state index contributed by atoms with van der Waals surface area (Å²) in [5.41, 5.74) is 1.56. The fourth-order valence-corrected chi connectivity index (χ4v) is 3.32. The highest BCUT2D eigenvalue weighted by molar-refractivity contribution is 6.30. The summed E-state index contributed by atoms with van der Waals surface area (Å²) in [6, 6.07) is 5.31. The minimum atomic E-state index is -0.168. The molecule has 2 heterocycles. The Balaban J connectivity index is 1.68. The van der Waals surface area contributed by atoms with Gasteiger partial charge in [0.15, 0.2) is 5.78 Å². The van der Waals surface area contributed by atoms with Crippen LogP contribution in [0, 0.1) is 12.8 Å². The van der Waals surface area contributed by atoms with E-state index in [0.29, 0.717) is 23.7 Å². The first-order chi connectivity index (χ1) is 11.5. The molecule has 0 aliphatic carbocycles. The molecule has 1 aliphatic heterocycles. The predicted octanol–water partition coefficient (Wildman–Crippen LogP) is 2.36. The molecule has 2 aromatic rings. The minimum Gasteiger partial charge on any atom is -0.340 e. The number of carbonyl (C=O) groups excluding carboxylic acids is 2. The maximum atomic E-state index is 12.8. The van der Waals surface area contributed by atoms with Gasteiger partial charge in [0.2, 0.25) is 5.91 Å². The van der Waals surface area contributed by atoms with E-state index in [4.69, 9.17) is 11.6 Å². The molecule has 1 aromatic carbocycles. The van der Waals surface area contributed by atoms with Crippen LogP contribution in [0.15, 0.2) is 30.9 Å². The van der Waals surface area contributed by atoms with Crippen LogP contribution >= 0.6 is 11.6 Å². The number of amides is 1. The van der Waals surface area contributed by atoms with Crippen LogP contribution in [0.1, 0.15) is 28.8 Å². The van der Waals surface area contributed by atoms with Crippen LogP contribution in [0.5, 0.6) is 0 Å². The van der Waals surface area contributed by atoms with Crippen LogP contribution in [0.25, 0.3) is 0 Å². The number of hydrogen-bond acceptors (Lipinski definition) is 4. The molecule has 1 atom stereocenters. The van der Waals surface area contributed by atoms with Gasteiger partial charge in [0, 0.05) is 29.6 Å². The quantitative estimate of drug-likeness (QED) is 0.797. The second kappa shape index (κ2) is 7.13. The van der Waals surface area contributed by atoms with Crippen LogP contribution in [-0.4, -0.2) is 44.4 Å². The van der Waals surface area contributed by atoms with E-state index in [2.05, 4.69) is 10.1 Å². The van der Waals surface area contributed by atoms with Crippen molar-refractivity contribution in [2.75, 3.05) is 13.1 Å². The Kier molecular flexibility index (Phi) is 4.94. The fraction of sp³-hybridized carbons (Fsp3) is 0.412. The molecule has 7 heteroatoms. The number of piperidine rings is 1. The van der Waals surface area contributed by atoms with Crippen molar-refractivity contribution in [3.63, 3.8) is 0 Å². The van der Waals surface area contributed by atoms with Gasteiger partial charge in [-0.05, 0) is 43.5 Å². The molecule has 1 saturated heterocycles. The molecule has 1 fully saturated rings. The van der Waals surface area contributed by atoms with Gasteiger partial charge in [-0.1, -0.05) is 11.6 Å². The average Bonchev–Trinajstić information content (AvgIpc) is 3.07. The van der Waals surface area contributed by atoms with Crippen molar-refractivity contribution in [3.05, 3.63) is 47.0 Å². The van der Waals surface area contributed by atoms with Gasteiger partial charge in [0.05, 0.1) is 0 Å². The lowest BCUT2D eigenvalue weighted by Crippen LogP contribution is -2.43. The van der Waals surface area contributed by atoms with Crippen LogP contribution < -0.4 is 0 Å². The number of rotatable bonds is 4. The van der Waals surface area contributed by atoms with Gasteiger partial charge in [0.1, 0.15) is 19.2 Å². The molecule has 0 unspecified atom stereocenters. The van der Waals surface area contributed by atoms with E-state index >= 15 is 0 Å². The van der Waals surface area contributed by atoms with Crippen molar-refractivity contribution < 1.29 is 9.59 Å². The lowest BCUT2D eigenvalue weighted by molar-refractivity contribution is -0.133. The maximum absolute atomic E-state index is 12.8. The van der Waals surface area contributed by atoms with E-state index in [9.17, 15) is 9.59 Å². The van der Waals surface area contributed by atoms with Crippen molar-refractivity contribution in [3.8, 4) is 0 Å². The molecule has 0 radical (unpaired) electrons. The summed E-state index contributed by atoms with van der Waals surface area (Å²) in [4.78, 5) is 30.8. The summed E-state index contributed by atoms with van der Waals surface area (Å²) in [5, 5.41) is 4.57. The third kappa shape index (κ3) is 3.64. The molecular formula is C17H19ClN4O2. The first-order valence-corrected chi connectivity index (χ1v) is 8.33. The highest BCUT2D eigenvalue weighted by Crippen LogP contribution is 2.24. The molecule has 0 N–H and O–H groups in total. The highest BCUT2D eigenvalue weighted by Gasteiger charge is 2.29.